The summed E-state index contributed by atoms with van der Waals surface area (Å²) in [4.78, 5) is 5.99. The van der Waals surface area contributed by atoms with Crippen molar-refractivity contribution in [3.8, 4) is 0 Å². The molecule has 1 aliphatic heterocycles. The van der Waals surface area contributed by atoms with Gasteiger partial charge in [0.15, 0.2) is 0 Å². The molecule has 19 heavy (non-hydrogen) atoms. The van der Waals surface area contributed by atoms with Crippen molar-refractivity contribution in [2.45, 2.75) is 20.3 Å². The largest absolute Gasteiger partial charge is 0.361 e. The van der Waals surface area contributed by atoms with Crippen LogP contribution in [0.4, 0.5) is 0 Å². The molecule has 2 heterocycles. The molecule has 0 atom stereocenters. The van der Waals surface area contributed by atoms with Gasteiger partial charge < -0.3 is 15.2 Å². The quantitative estimate of drug-likeness (QED) is 0.883. The Morgan fingerprint density at radius 3 is 2.74 bits per heavy atom. The Labute approximate surface area is 115 Å². The van der Waals surface area contributed by atoms with Crippen LogP contribution < -0.4 is 5.32 Å². The van der Waals surface area contributed by atoms with Crippen molar-refractivity contribution in [2.24, 2.45) is 0 Å². The molecule has 1 aromatic carbocycles. The first-order valence-corrected chi connectivity index (χ1v) is 7.24. The number of aromatic amines is 1. The van der Waals surface area contributed by atoms with Crippen molar-refractivity contribution in [3.05, 3.63) is 35.0 Å². The van der Waals surface area contributed by atoms with E-state index in [1.54, 1.807) is 0 Å². The molecule has 3 nitrogen and oxygen atoms in total. The van der Waals surface area contributed by atoms with Gasteiger partial charge in [-0.25, -0.2) is 0 Å². The number of aromatic nitrogens is 1. The third kappa shape index (κ3) is 2.67. The van der Waals surface area contributed by atoms with Crippen molar-refractivity contribution in [1.82, 2.24) is 15.2 Å². The molecule has 0 unspecified atom stereocenters. The van der Waals surface area contributed by atoms with E-state index in [1.165, 1.54) is 47.2 Å². The maximum absolute atomic E-state index is 3.44. The van der Waals surface area contributed by atoms with Crippen molar-refractivity contribution >= 4 is 10.9 Å². The number of fused-ring (bicyclic) bond motifs is 1. The molecule has 1 aliphatic rings. The van der Waals surface area contributed by atoms with Crippen molar-refractivity contribution < 1.29 is 0 Å². The number of benzene rings is 1. The number of nitrogens with zero attached hydrogens (tertiary/aromatic N) is 1. The zero-order valence-electron chi connectivity index (χ0n) is 11.9. The Morgan fingerprint density at radius 1 is 1.16 bits per heavy atom. The van der Waals surface area contributed by atoms with Gasteiger partial charge in [0.2, 0.25) is 0 Å². The van der Waals surface area contributed by atoms with E-state index in [0.717, 1.165) is 19.5 Å². The van der Waals surface area contributed by atoms with E-state index in [-0.39, 0.29) is 0 Å². The van der Waals surface area contributed by atoms with Crippen LogP contribution in [-0.2, 0) is 6.42 Å². The van der Waals surface area contributed by atoms with Gasteiger partial charge in [-0.05, 0) is 37.5 Å². The fourth-order valence-corrected chi connectivity index (χ4v) is 3.07. The molecular formula is C16H23N3. The predicted octanol–water partition coefficient (Wildman–Crippen LogP) is 2.23. The van der Waals surface area contributed by atoms with E-state index < -0.39 is 0 Å². The van der Waals surface area contributed by atoms with Crippen molar-refractivity contribution in [1.29, 1.82) is 0 Å². The van der Waals surface area contributed by atoms with E-state index in [4.69, 9.17) is 0 Å². The van der Waals surface area contributed by atoms with Crippen molar-refractivity contribution in [3.63, 3.8) is 0 Å². The summed E-state index contributed by atoms with van der Waals surface area (Å²) >= 11 is 0. The van der Waals surface area contributed by atoms with Crippen LogP contribution >= 0.6 is 0 Å². The van der Waals surface area contributed by atoms with E-state index in [1.807, 2.05) is 0 Å². The molecule has 1 saturated heterocycles. The van der Waals surface area contributed by atoms with Crippen LogP contribution in [0.1, 0.15) is 16.7 Å². The summed E-state index contributed by atoms with van der Waals surface area (Å²) in [5.41, 5.74) is 5.47. The maximum Gasteiger partial charge on any atom is 0.0486 e. The second kappa shape index (κ2) is 5.35. The van der Waals surface area contributed by atoms with Gasteiger partial charge >= 0.3 is 0 Å². The highest BCUT2D eigenvalue weighted by Crippen LogP contribution is 2.23. The fraction of sp³-hybridized carbons (Fsp3) is 0.500. The highest BCUT2D eigenvalue weighted by atomic mass is 15.2. The molecule has 0 aliphatic carbocycles. The minimum absolute atomic E-state index is 1.13. The minimum Gasteiger partial charge on any atom is -0.361 e. The molecule has 0 spiro atoms. The summed E-state index contributed by atoms with van der Waals surface area (Å²) in [5.74, 6) is 0. The normalized spacial score (nSPS) is 17.2. The zero-order valence-corrected chi connectivity index (χ0v) is 11.9. The van der Waals surface area contributed by atoms with Gasteiger partial charge in [-0.1, -0.05) is 11.6 Å². The van der Waals surface area contributed by atoms with E-state index in [0.29, 0.717) is 0 Å². The molecular weight excluding hydrogens is 234 g/mol. The molecule has 0 amide bonds. The predicted molar refractivity (Wildman–Crippen MR) is 80.8 cm³/mol. The van der Waals surface area contributed by atoms with Gasteiger partial charge in [0.1, 0.15) is 0 Å². The van der Waals surface area contributed by atoms with Crippen LogP contribution in [-0.4, -0.2) is 42.6 Å². The Hall–Kier alpha value is -1.32. The van der Waals surface area contributed by atoms with Crippen LogP contribution in [0.2, 0.25) is 0 Å². The monoisotopic (exact) mass is 257 g/mol. The third-order valence-electron chi connectivity index (χ3n) is 4.12. The number of nitrogens with one attached hydrogen (secondary N) is 2. The van der Waals surface area contributed by atoms with E-state index >= 15 is 0 Å². The highest BCUT2D eigenvalue weighted by molar-refractivity contribution is 5.86. The third-order valence-corrected chi connectivity index (χ3v) is 4.12. The molecule has 1 aromatic heterocycles. The first-order valence-electron chi connectivity index (χ1n) is 7.24. The number of H-pyrrole nitrogens is 1. The standard InChI is InChI=1S/C16H23N3/c1-12-9-13(2)16-15(10-12)14(11-18-16)3-6-19-7-4-17-5-8-19/h9-11,17-18H,3-8H2,1-2H3. The molecule has 0 saturated carbocycles. The van der Waals surface area contributed by atoms with Gasteiger partial charge in [-0.15, -0.1) is 0 Å². The zero-order chi connectivity index (χ0) is 13.2. The first-order chi connectivity index (χ1) is 9.24. The van der Waals surface area contributed by atoms with Gasteiger partial charge in [0.05, 0.1) is 0 Å². The summed E-state index contributed by atoms with van der Waals surface area (Å²) in [6, 6.07) is 4.56. The lowest BCUT2D eigenvalue weighted by Gasteiger charge is -2.26. The summed E-state index contributed by atoms with van der Waals surface area (Å²) in [7, 11) is 0. The summed E-state index contributed by atoms with van der Waals surface area (Å²) in [5, 5.41) is 4.81. The van der Waals surface area contributed by atoms with Crippen LogP contribution in [0.5, 0.6) is 0 Å². The fourth-order valence-electron chi connectivity index (χ4n) is 3.07. The van der Waals surface area contributed by atoms with E-state index in [9.17, 15) is 0 Å². The average Bonchev–Trinajstić information content (AvgIpc) is 2.81. The lowest BCUT2D eigenvalue weighted by molar-refractivity contribution is 0.244. The lowest BCUT2D eigenvalue weighted by atomic mass is 10.0. The second-order valence-corrected chi connectivity index (χ2v) is 5.66. The molecule has 3 rings (SSSR count). The molecule has 1 fully saturated rings. The highest BCUT2D eigenvalue weighted by Gasteiger charge is 2.11. The number of hydrogen-bond donors (Lipinski definition) is 2. The molecule has 2 N–H and O–H groups in total. The second-order valence-electron chi connectivity index (χ2n) is 5.66. The van der Waals surface area contributed by atoms with Crippen LogP contribution in [0.3, 0.4) is 0 Å². The van der Waals surface area contributed by atoms with Crippen LogP contribution in [0.25, 0.3) is 10.9 Å². The molecule has 102 valence electrons. The Kier molecular flexibility index (Phi) is 3.58. The summed E-state index contributed by atoms with van der Waals surface area (Å²) < 4.78 is 0. The minimum atomic E-state index is 1.13. The number of hydrogen-bond acceptors (Lipinski definition) is 2. The Bertz CT molecular complexity index is 565. The summed E-state index contributed by atoms with van der Waals surface area (Å²) in [6.07, 6.45) is 3.34. The maximum atomic E-state index is 3.44. The SMILES string of the molecule is Cc1cc(C)c2[nH]cc(CCN3CCNCC3)c2c1. The van der Waals surface area contributed by atoms with Gasteiger partial charge in [-0.3, -0.25) is 0 Å². The van der Waals surface area contributed by atoms with Crippen LogP contribution in [0.15, 0.2) is 18.3 Å². The number of aryl methyl sites for hydroxylation is 2. The lowest BCUT2D eigenvalue weighted by Crippen LogP contribution is -2.44. The molecule has 3 heteroatoms. The molecule has 2 aromatic rings. The Morgan fingerprint density at radius 2 is 1.95 bits per heavy atom. The van der Waals surface area contributed by atoms with Gasteiger partial charge in [-0.2, -0.15) is 0 Å². The van der Waals surface area contributed by atoms with Gasteiger partial charge in [0.25, 0.3) is 0 Å². The number of rotatable bonds is 3. The van der Waals surface area contributed by atoms with Crippen LogP contribution in [0, 0.1) is 13.8 Å². The van der Waals surface area contributed by atoms with E-state index in [2.05, 4.69) is 47.4 Å². The first kappa shape index (κ1) is 12.7. The van der Waals surface area contributed by atoms with Crippen molar-refractivity contribution in [2.75, 3.05) is 32.7 Å². The summed E-state index contributed by atoms with van der Waals surface area (Å²) in [6.45, 7) is 10.2. The Balaban J connectivity index is 1.77. The average molecular weight is 257 g/mol. The van der Waals surface area contributed by atoms with Gasteiger partial charge in [0, 0.05) is 49.8 Å². The molecule has 0 radical (unpaired) electrons. The topological polar surface area (TPSA) is 31.1 Å². The smallest absolute Gasteiger partial charge is 0.0486 e. The molecule has 0 bridgehead atoms. The number of piperazine rings is 1.